The Hall–Kier alpha value is 0.630. The SMILES string of the molecule is CCCCCCCCCCCCN(CC(O)CS(=O)(=O)[O-])C1OC(CO)C(O)C(O)C1O.[Na+]. The van der Waals surface area contributed by atoms with E-state index < -0.39 is 59.2 Å². The zero-order valence-electron chi connectivity index (χ0n) is 20.1. The summed E-state index contributed by atoms with van der Waals surface area (Å²) < 4.78 is 38.5. The second-order valence-corrected chi connectivity index (χ2v) is 10.2. The third-order valence-electron chi connectivity index (χ3n) is 5.87. The molecule has 6 unspecified atom stereocenters. The molecule has 0 aromatic rings. The fraction of sp³-hybridized carbons (Fsp3) is 1.00. The van der Waals surface area contributed by atoms with Crippen LogP contribution in [0.2, 0.25) is 0 Å². The van der Waals surface area contributed by atoms with Crippen molar-refractivity contribution in [1.82, 2.24) is 4.90 Å². The summed E-state index contributed by atoms with van der Waals surface area (Å²) in [5.74, 6) is -0.987. The number of unbranched alkanes of at least 4 members (excludes halogenated alkanes) is 9. The summed E-state index contributed by atoms with van der Waals surface area (Å²) in [7, 11) is -4.65. The van der Waals surface area contributed by atoms with Gasteiger partial charge in [0.05, 0.1) is 28.6 Å². The average Bonchev–Trinajstić information content (AvgIpc) is 2.71. The Balaban J connectivity index is 0.0000102. The van der Waals surface area contributed by atoms with Crippen molar-refractivity contribution in [3.8, 4) is 0 Å². The molecular weight excluding hydrogens is 465 g/mol. The van der Waals surface area contributed by atoms with Gasteiger partial charge in [-0.2, -0.15) is 0 Å². The van der Waals surface area contributed by atoms with E-state index in [0.29, 0.717) is 13.0 Å². The van der Waals surface area contributed by atoms with Crippen molar-refractivity contribution in [2.24, 2.45) is 0 Å². The van der Waals surface area contributed by atoms with E-state index in [4.69, 9.17) is 4.74 Å². The Morgan fingerprint density at radius 1 is 0.909 bits per heavy atom. The minimum Gasteiger partial charge on any atom is -0.748 e. The molecule has 0 bridgehead atoms. The quantitative estimate of drug-likeness (QED) is 0.0772. The molecule has 0 aromatic carbocycles. The normalized spacial score (nSPS) is 26.8. The Morgan fingerprint density at radius 2 is 1.42 bits per heavy atom. The first-order valence-electron chi connectivity index (χ1n) is 11.8. The van der Waals surface area contributed by atoms with Crippen LogP contribution in [0.5, 0.6) is 0 Å². The molecule has 1 saturated heterocycles. The summed E-state index contributed by atoms with van der Waals surface area (Å²) >= 11 is 0. The molecule has 33 heavy (non-hydrogen) atoms. The summed E-state index contributed by atoms with van der Waals surface area (Å²) in [5, 5.41) is 49.9. The van der Waals surface area contributed by atoms with Crippen LogP contribution in [0, 0.1) is 0 Å². The van der Waals surface area contributed by atoms with E-state index in [1.165, 1.54) is 43.4 Å². The van der Waals surface area contributed by atoms with Gasteiger partial charge in [0.15, 0.2) is 0 Å². The van der Waals surface area contributed by atoms with Gasteiger partial charge in [-0.15, -0.1) is 0 Å². The summed E-state index contributed by atoms with van der Waals surface area (Å²) in [6, 6.07) is 0. The van der Waals surface area contributed by atoms with Crippen molar-refractivity contribution in [3.05, 3.63) is 0 Å². The maximum Gasteiger partial charge on any atom is 1.00 e. The van der Waals surface area contributed by atoms with Gasteiger partial charge >= 0.3 is 29.6 Å². The van der Waals surface area contributed by atoms with Crippen LogP contribution >= 0.6 is 0 Å². The van der Waals surface area contributed by atoms with Crippen molar-refractivity contribution in [2.45, 2.75) is 108 Å². The van der Waals surface area contributed by atoms with Gasteiger partial charge in [0.2, 0.25) is 0 Å². The number of hydrogen-bond acceptors (Lipinski definition) is 10. The molecule has 1 fully saturated rings. The van der Waals surface area contributed by atoms with Gasteiger partial charge in [-0.05, 0) is 6.42 Å². The van der Waals surface area contributed by atoms with Gasteiger partial charge in [-0.1, -0.05) is 64.7 Å². The molecule has 12 heteroatoms. The standard InChI is InChI=1S/C21H43NO9S.Na/c1-2-3-4-5-6-7-8-9-10-11-12-22(13-16(24)15-32(28,29)30)21-20(27)19(26)18(25)17(14-23)31-21;/h16-21,23-27H,2-15H2,1H3,(H,28,29,30);/q;+1/p-1. The van der Waals surface area contributed by atoms with E-state index in [1.807, 2.05) is 0 Å². The molecule has 0 amide bonds. The number of nitrogens with zero attached hydrogens (tertiary/aromatic N) is 1. The van der Waals surface area contributed by atoms with Crippen molar-refractivity contribution < 1.29 is 72.8 Å². The Morgan fingerprint density at radius 3 is 1.91 bits per heavy atom. The molecule has 6 atom stereocenters. The first-order chi connectivity index (χ1) is 15.1. The number of ether oxygens (including phenoxy) is 1. The summed E-state index contributed by atoms with van der Waals surface area (Å²) in [6.07, 6.45) is 2.62. The predicted octanol–water partition coefficient (Wildman–Crippen LogP) is -3.08. The van der Waals surface area contributed by atoms with Gasteiger partial charge in [0.1, 0.15) is 30.6 Å². The van der Waals surface area contributed by atoms with Gasteiger partial charge in [-0.3, -0.25) is 4.90 Å². The molecule has 0 spiro atoms. The maximum absolute atomic E-state index is 11.0. The molecule has 192 valence electrons. The van der Waals surface area contributed by atoms with E-state index in [-0.39, 0.29) is 36.1 Å². The number of hydrogen-bond donors (Lipinski definition) is 5. The molecule has 1 rings (SSSR count). The zero-order chi connectivity index (χ0) is 24.1. The van der Waals surface area contributed by atoms with Crippen LogP contribution < -0.4 is 29.6 Å². The first kappa shape index (κ1) is 33.6. The molecule has 0 radical (unpaired) electrons. The van der Waals surface area contributed by atoms with Crippen LogP contribution in [0.1, 0.15) is 71.1 Å². The molecule has 1 heterocycles. The monoisotopic (exact) mass is 507 g/mol. The topological polar surface area (TPSA) is 171 Å². The van der Waals surface area contributed by atoms with Crippen LogP contribution in [-0.2, 0) is 14.9 Å². The van der Waals surface area contributed by atoms with Gasteiger partial charge in [0, 0.05) is 13.1 Å². The van der Waals surface area contributed by atoms with Crippen LogP contribution in [0.3, 0.4) is 0 Å². The smallest absolute Gasteiger partial charge is 0.748 e. The Bertz CT molecular complexity index is 596. The molecule has 0 aromatic heterocycles. The third kappa shape index (κ3) is 13.5. The van der Waals surface area contributed by atoms with Gasteiger partial charge in [-0.25, -0.2) is 8.42 Å². The van der Waals surface area contributed by atoms with Crippen molar-refractivity contribution >= 4 is 10.1 Å². The minimum atomic E-state index is -4.65. The third-order valence-corrected chi connectivity index (χ3v) is 6.66. The van der Waals surface area contributed by atoms with Crippen molar-refractivity contribution in [1.29, 1.82) is 0 Å². The number of aliphatic hydroxyl groups excluding tert-OH is 5. The average molecular weight is 508 g/mol. The molecule has 1 aliphatic rings. The molecule has 10 nitrogen and oxygen atoms in total. The fourth-order valence-electron chi connectivity index (χ4n) is 4.07. The maximum atomic E-state index is 11.0. The Kier molecular flexibility index (Phi) is 18.3. The summed E-state index contributed by atoms with van der Waals surface area (Å²) in [5.41, 5.74) is 0. The molecule has 5 N–H and O–H groups in total. The van der Waals surface area contributed by atoms with Crippen LogP contribution in [0.4, 0.5) is 0 Å². The van der Waals surface area contributed by atoms with Crippen molar-refractivity contribution in [2.75, 3.05) is 25.4 Å². The summed E-state index contributed by atoms with van der Waals surface area (Å²) in [4.78, 5) is 1.46. The second kappa shape index (κ2) is 18.0. The zero-order valence-corrected chi connectivity index (χ0v) is 22.9. The van der Waals surface area contributed by atoms with E-state index in [0.717, 1.165) is 19.3 Å². The van der Waals surface area contributed by atoms with E-state index >= 15 is 0 Å². The number of aliphatic hydroxyl groups is 5. The molecular formula is C21H42NNaO9S. The van der Waals surface area contributed by atoms with Crippen LogP contribution in [0.15, 0.2) is 0 Å². The second-order valence-electron chi connectivity index (χ2n) is 8.77. The van der Waals surface area contributed by atoms with E-state index in [1.54, 1.807) is 0 Å². The largest absolute Gasteiger partial charge is 1.00 e. The summed E-state index contributed by atoms with van der Waals surface area (Å²) in [6.45, 7) is 1.63. The first-order valence-corrected chi connectivity index (χ1v) is 13.3. The van der Waals surface area contributed by atoms with Gasteiger partial charge in [0.25, 0.3) is 0 Å². The van der Waals surface area contributed by atoms with E-state index in [2.05, 4.69) is 6.92 Å². The predicted molar refractivity (Wildman–Crippen MR) is 118 cm³/mol. The molecule has 1 aliphatic heterocycles. The van der Waals surface area contributed by atoms with Gasteiger partial charge < -0.3 is 34.8 Å². The molecule has 0 saturated carbocycles. The Labute approximate surface area is 220 Å². The van der Waals surface area contributed by atoms with Crippen molar-refractivity contribution in [3.63, 3.8) is 0 Å². The van der Waals surface area contributed by atoms with Crippen LogP contribution in [0.25, 0.3) is 0 Å². The molecule has 0 aliphatic carbocycles. The fourth-order valence-corrected chi connectivity index (χ4v) is 4.64. The minimum absolute atomic E-state index is 0. The number of rotatable bonds is 17. The van der Waals surface area contributed by atoms with E-state index in [9.17, 15) is 38.5 Å². The van der Waals surface area contributed by atoms with Crippen LogP contribution in [-0.4, -0.2) is 106 Å².